The van der Waals surface area contributed by atoms with Crippen LogP contribution in [0.1, 0.15) is 51.1 Å². The van der Waals surface area contributed by atoms with Gasteiger partial charge in [0, 0.05) is 5.54 Å². The molecule has 1 heterocycles. The van der Waals surface area contributed by atoms with Crippen molar-refractivity contribution < 1.29 is 0 Å². The van der Waals surface area contributed by atoms with Crippen LogP contribution < -0.4 is 11.3 Å². The first-order valence-electron chi connectivity index (χ1n) is 7.63. The second kappa shape index (κ2) is 7.30. The van der Waals surface area contributed by atoms with Crippen molar-refractivity contribution in [3.63, 3.8) is 0 Å². The quantitative estimate of drug-likeness (QED) is 0.644. The lowest BCUT2D eigenvalue weighted by molar-refractivity contribution is 0.0834. The highest BCUT2D eigenvalue weighted by Gasteiger charge is 2.36. The third-order valence-corrected chi connectivity index (χ3v) is 5.31. The first-order chi connectivity index (χ1) is 9.96. The molecule has 5 heteroatoms. The number of benzene rings is 1. The van der Waals surface area contributed by atoms with Gasteiger partial charge in [-0.05, 0) is 57.5 Å². The summed E-state index contributed by atoms with van der Waals surface area (Å²) in [7, 11) is 0. The van der Waals surface area contributed by atoms with Crippen LogP contribution in [0.25, 0.3) is 0 Å². The molecule has 3 nitrogen and oxygen atoms in total. The molecular weight excluding hydrogens is 305 g/mol. The maximum absolute atomic E-state index is 6.16. The molecule has 1 saturated heterocycles. The van der Waals surface area contributed by atoms with Crippen LogP contribution >= 0.6 is 23.2 Å². The van der Waals surface area contributed by atoms with Crippen LogP contribution in [0.4, 0.5) is 0 Å². The molecule has 118 valence electrons. The van der Waals surface area contributed by atoms with Gasteiger partial charge in [-0.25, -0.2) is 0 Å². The molecule has 1 aliphatic heterocycles. The highest BCUT2D eigenvalue weighted by Crippen LogP contribution is 2.34. The maximum atomic E-state index is 6.16. The van der Waals surface area contributed by atoms with E-state index < -0.39 is 0 Å². The van der Waals surface area contributed by atoms with Gasteiger partial charge in [0.25, 0.3) is 0 Å². The van der Waals surface area contributed by atoms with E-state index in [-0.39, 0.29) is 11.6 Å². The maximum Gasteiger partial charge on any atom is 0.0639 e. The first-order valence-corrected chi connectivity index (χ1v) is 8.38. The van der Waals surface area contributed by atoms with Crippen LogP contribution in [0.5, 0.6) is 0 Å². The van der Waals surface area contributed by atoms with Crippen molar-refractivity contribution in [2.24, 2.45) is 5.84 Å². The summed E-state index contributed by atoms with van der Waals surface area (Å²) in [6, 6.07) is 5.75. The molecule has 1 fully saturated rings. The summed E-state index contributed by atoms with van der Waals surface area (Å²) in [6.07, 6.45) is 5.14. The monoisotopic (exact) mass is 329 g/mol. The molecule has 0 aromatic heterocycles. The van der Waals surface area contributed by atoms with Crippen molar-refractivity contribution in [3.8, 4) is 0 Å². The number of nitrogens with zero attached hydrogens (tertiary/aromatic N) is 1. The molecule has 2 rings (SSSR count). The summed E-state index contributed by atoms with van der Waals surface area (Å²) < 4.78 is 0. The third kappa shape index (κ3) is 3.91. The highest BCUT2D eigenvalue weighted by atomic mass is 35.5. The summed E-state index contributed by atoms with van der Waals surface area (Å²) in [6.45, 7) is 6.72. The van der Waals surface area contributed by atoms with Crippen molar-refractivity contribution in [2.75, 3.05) is 13.1 Å². The van der Waals surface area contributed by atoms with Crippen molar-refractivity contribution in [2.45, 2.75) is 51.1 Å². The van der Waals surface area contributed by atoms with Gasteiger partial charge in [-0.2, -0.15) is 0 Å². The van der Waals surface area contributed by atoms with Gasteiger partial charge in [-0.3, -0.25) is 16.2 Å². The van der Waals surface area contributed by atoms with Crippen molar-refractivity contribution >= 4 is 23.2 Å². The van der Waals surface area contributed by atoms with E-state index in [1.165, 1.54) is 25.7 Å². The van der Waals surface area contributed by atoms with Gasteiger partial charge in [-0.15, -0.1) is 0 Å². The van der Waals surface area contributed by atoms with Gasteiger partial charge in [0.05, 0.1) is 16.1 Å². The zero-order chi connectivity index (χ0) is 15.5. The fourth-order valence-electron chi connectivity index (χ4n) is 3.23. The Morgan fingerprint density at radius 3 is 2.24 bits per heavy atom. The van der Waals surface area contributed by atoms with Crippen molar-refractivity contribution in [1.29, 1.82) is 0 Å². The number of rotatable bonds is 4. The molecule has 1 atom stereocenters. The Labute approximate surface area is 137 Å². The topological polar surface area (TPSA) is 41.3 Å². The smallest absolute Gasteiger partial charge is 0.0639 e. The van der Waals surface area contributed by atoms with E-state index >= 15 is 0 Å². The molecule has 1 unspecified atom stereocenters. The van der Waals surface area contributed by atoms with Crippen molar-refractivity contribution in [1.82, 2.24) is 10.3 Å². The summed E-state index contributed by atoms with van der Waals surface area (Å²) in [4.78, 5) is 2.53. The van der Waals surface area contributed by atoms with E-state index in [0.29, 0.717) is 10.0 Å². The van der Waals surface area contributed by atoms with E-state index in [1.807, 2.05) is 18.2 Å². The molecular formula is C16H25Cl2N3. The SMILES string of the molecule is CC(C)(C(NN)c1ccc(Cl)c(Cl)c1)N1CCCCCC1. The van der Waals surface area contributed by atoms with Gasteiger partial charge >= 0.3 is 0 Å². The van der Waals surface area contributed by atoms with E-state index in [4.69, 9.17) is 29.0 Å². The van der Waals surface area contributed by atoms with E-state index in [2.05, 4.69) is 24.2 Å². The summed E-state index contributed by atoms with van der Waals surface area (Å²) in [5.74, 6) is 5.87. The minimum Gasteiger partial charge on any atom is -0.296 e. The number of hydrogen-bond acceptors (Lipinski definition) is 3. The largest absolute Gasteiger partial charge is 0.296 e. The number of hydrogen-bond donors (Lipinski definition) is 2. The zero-order valence-corrected chi connectivity index (χ0v) is 14.3. The van der Waals surface area contributed by atoms with Crippen LogP contribution in [-0.4, -0.2) is 23.5 Å². The number of nitrogens with two attached hydrogens (primary N) is 1. The van der Waals surface area contributed by atoms with Crippen LogP contribution in [-0.2, 0) is 0 Å². The van der Waals surface area contributed by atoms with Crippen LogP contribution in [0.15, 0.2) is 18.2 Å². The average molecular weight is 330 g/mol. The molecule has 0 aliphatic carbocycles. The zero-order valence-electron chi connectivity index (χ0n) is 12.8. The summed E-state index contributed by atoms with van der Waals surface area (Å²) >= 11 is 12.2. The average Bonchev–Trinajstić information content (AvgIpc) is 2.73. The van der Waals surface area contributed by atoms with E-state index in [1.54, 1.807) is 0 Å². The van der Waals surface area contributed by atoms with Gasteiger partial charge in [0.2, 0.25) is 0 Å². The van der Waals surface area contributed by atoms with Gasteiger partial charge < -0.3 is 0 Å². The fourth-order valence-corrected chi connectivity index (χ4v) is 3.54. The molecule has 0 radical (unpaired) electrons. The molecule has 0 saturated carbocycles. The lowest BCUT2D eigenvalue weighted by atomic mass is 9.87. The minimum atomic E-state index is -0.0871. The Bertz CT molecular complexity index is 469. The molecule has 0 bridgehead atoms. The fraction of sp³-hybridized carbons (Fsp3) is 0.625. The van der Waals surface area contributed by atoms with E-state index in [9.17, 15) is 0 Å². The molecule has 1 aliphatic rings. The first kappa shape index (κ1) is 17.0. The minimum absolute atomic E-state index is 0.00497. The van der Waals surface area contributed by atoms with Gasteiger partial charge in [0.15, 0.2) is 0 Å². The summed E-state index contributed by atoms with van der Waals surface area (Å²) in [5, 5.41) is 1.14. The molecule has 0 amide bonds. The molecule has 3 N–H and O–H groups in total. The second-order valence-corrected chi connectivity index (χ2v) is 7.14. The lowest BCUT2D eigenvalue weighted by Crippen LogP contribution is -2.54. The second-order valence-electron chi connectivity index (χ2n) is 6.33. The Morgan fingerprint density at radius 2 is 1.71 bits per heavy atom. The van der Waals surface area contributed by atoms with Crippen molar-refractivity contribution in [3.05, 3.63) is 33.8 Å². The van der Waals surface area contributed by atoms with Crippen LogP contribution in [0.2, 0.25) is 10.0 Å². The molecule has 1 aromatic carbocycles. The molecule has 21 heavy (non-hydrogen) atoms. The third-order valence-electron chi connectivity index (χ3n) is 4.57. The Balaban J connectivity index is 2.26. The summed E-state index contributed by atoms with van der Waals surface area (Å²) in [5.41, 5.74) is 3.96. The van der Waals surface area contributed by atoms with E-state index in [0.717, 1.165) is 18.7 Å². The Morgan fingerprint density at radius 1 is 1.10 bits per heavy atom. The Kier molecular flexibility index (Phi) is 5.92. The number of halogens is 2. The Hall–Kier alpha value is -0.320. The van der Waals surface area contributed by atoms with Crippen LogP contribution in [0.3, 0.4) is 0 Å². The number of nitrogens with one attached hydrogen (secondary N) is 1. The predicted octanol–water partition coefficient (Wildman–Crippen LogP) is 4.15. The number of likely N-dealkylation sites (tertiary alicyclic amines) is 1. The predicted molar refractivity (Wildman–Crippen MR) is 90.6 cm³/mol. The lowest BCUT2D eigenvalue weighted by Gasteiger charge is -2.44. The molecule has 1 aromatic rings. The van der Waals surface area contributed by atoms with Gasteiger partial charge in [0.1, 0.15) is 0 Å². The number of hydrazine groups is 1. The van der Waals surface area contributed by atoms with Gasteiger partial charge in [-0.1, -0.05) is 42.1 Å². The molecule has 0 spiro atoms. The van der Waals surface area contributed by atoms with Crippen LogP contribution in [0, 0.1) is 0 Å². The standard InChI is InChI=1S/C16H25Cl2N3/c1-16(2,21-9-5-3-4-6-10-21)15(20-19)12-7-8-13(17)14(18)11-12/h7-8,11,15,20H,3-6,9-10,19H2,1-2H3. The highest BCUT2D eigenvalue weighted by molar-refractivity contribution is 6.42. The normalized spacial score (nSPS) is 19.3.